The van der Waals surface area contributed by atoms with E-state index in [9.17, 15) is 18.0 Å². The molecule has 0 aromatic heterocycles. The SMILES string of the molecule is O=C[C@@](O)([C@H](O)[C@@H](O)[C@H](O)C(=O)O)S(=O)(=O)O. The van der Waals surface area contributed by atoms with Crippen molar-refractivity contribution < 1.29 is 48.1 Å². The van der Waals surface area contributed by atoms with Crippen molar-refractivity contribution in [1.82, 2.24) is 0 Å². The molecule has 0 aliphatic rings. The van der Waals surface area contributed by atoms with Gasteiger partial charge in [-0.2, -0.15) is 8.42 Å². The highest BCUT2D eigenvalue weighted by Crippen LogP contribution is 2.19. The Morgan fingerprint density at radius 3 is 1.88 bits per heavy atom. The number of carboxylic acid groups (broad SMARTS) is 1. The fourth-order valence-corrected chi connectivity index (χ4v) is 1.41. The smallest absolute Gasteiger partial charge is 0.335 e. The average Bonchev–Trinajstić information content (AvgIpc) is 2.22. The summed E-state index contributed by atoms with van der Waals surface area (Å²) in [5.74, 6) is -2.04. The summed E-state index contributed by atoms with van der Waals surface area (Å²) < 4.78 is 29.7. The van der Waals surface area contributed by atoms with Crippen LogP contribution in [-0.4, -0.2) is 74.0 Å². The van der Waals surface area contributed by atoms with Crippen LogP contribution in [0.4, 0.5) is 0 Å². The molecule has 0 aromatic carbocycles. The highest BCUT2D eigenvalue weighted by molar-refractivity contribution is 7.87. The van der Waals surface area contributed by atoms with Crippen molar-refractivity contribution in [2.45, 2.75) is 23.2 Å². The summed E-state index contributed by atoms with van der Waals surface area (Å²) in [6.45, 7) is 0. The number of carbonyl (C=O) groups excluding carboxylic acids is 1. The van der Waals surface area contributed by atoms with Gasteiger partial charge in [-0.25, -0.2) is 4.79 Å². The minimum absolute atomic E-state index is 0.815. The Labute approximate surface area is 94.5 Å². The third-order valence-corrected chi connectivity index (χ3v) is 3.07. The summed E-state index contributed by atoms with van der Waals surface area (Å²) >= 11 is 0. The van der Waals surface area contributed by atoms with Gasteiger partial charge in [-0.1, -0.05) is 0 Å². The summed E-state index contributed by atoms with van der Waals surface area (Å²) in [4.78, 5) is 16.7. The number of carbonyl (C=O) groups is 2. The van der Waals surface area contributed by atoms with E-state index in [0.717, 1.165) is 0 Å². The Morgan fingerprint density at radius 1 is 1.24 bits per heavy atom. The number of aliphatic hydroxyl groups is 4. The van der Waals surface area contributed by atoms with Crippen molar-refractivity contribution in [2.24, 2.45) is 0 Å². The minimum Gasteiger partial charge on any atom is -0.479 e. The Morgan fingerprint density at radius 2 is 1.65 bits per heavy atom. The van der Waals surface area contributed by atoms with E-state index >= 15 is 0 Å². The maximum absolute atomic E-state index is 10.6. The Kier molecular flexibility index (Phi) is 4.70. The molecular weight excluding hydrogens is 264 g/mol. The molecule has 0 fully saturated rings. The van der Waals surface area contributed by atoms with Gasteiger partial charge in [0, 0.05) is 0 Å². The van der Waals surface area contributed by atoms with Crippen molar-refractivity contribution in [1.29, 1.82) is 0 Å². The van der Waals surface area contributed by atoms with Gasteiger partial charge in [0.05, 0.1) is 0 Å². The molecule has 0 aliphatic heterocycles. The van der Waals surface area contributed by atoms with Gasteiger partial charge in [0.15, 0.2) is 12.4 Å². The first kappa shape index (κ1) is 15.9. The van der Waals surface area contributed by atoms with E-state index < -0.39 is 45.6 Å². The molecule has 0 saturated heterocycles. The maximum Gasteiger partial charge on any atom is 0.335 e. The van der Waals surface area contributed by atoms with E-state index in [2.05, 4.69) is 0 Å². The number of carboxylic acids is 1. The molecule has 0 bridgehead atoms. The lowest BCUT2D eigenvalue weighted by Gasteiger charge is -2.28. The van der Waals surface area contributed by atoms with Crippen LogP contribution in [-0.2, 0) is 19.7 Å². The van der Waals surface area contributed by atoms with Crippen molar-refractivity contribution in [3.8, 4) is 0 Å². The Bertz CT molecular complexity index is 401. The number of hydrogen-bond donors (Lipinski definition) is 6. The predicted molar refractivity (Wildman–Crippen MR) is 48.2 cm³/mol. The molecule has 0 aromatic rings. The van der Waals surface area contributed by atoms with Crippen molar-refractivity contribution in [3.05, 3.63) is 0 Å². The van der Waals surface area contributed by atoms with Crippen LogP contribution in [0.15, 0.2) is 0 Å². The molecule has 17 heavy (non-hydrogen) atoms. The summed E-state index contributed by atoms with van der Waals surface area (Å²) in [7, 11) is -5.54. The Hall–Kier alpha value is -1.11. The van der Waals surface area contributed by atoms with Gasteiger partial charge in [0.2, 0.25) is 0 Å². The molecule has 10 nitrogen and oxygen atoms in total. The molecule has 0 rings (SSSR count). The summed E-state index contributed by atoms with van der Waals surface area (Å²) in [6, 6.07) is 0. The summed E-state index contributed by atoms with van der Waals surface area (Å²) in [6.07, 6.45) is -9.16. The zero-order valence-corrected chi connectivity index (χ0v) is 8.85. The zero-order valence-electron chi connectivity index (χ0n) is 8.03. The fourth-order valence-electron chi connectivity index (χ4n) is 0.847. The molecule has 0 heterocycles. The van der Waals surface area contributed by atoms with Crippen LogP contribution in [0, 0.1) is 0 Å². The molecule has 4 atom stereocenters. The van der Waals surface area contributed by atoms with Gasteiger partial charge in [-0.15, -0.1) is 0 Å². The third-order valence-electron chi connectivity index (χ3n) is 1.91. The molecule has 100 valence electrons. The average molecular weight is 274 g/mol. The second-order valence-electron chi connectivity index (χ2n) is 3.06. The largest absolute Gasteiger partial charge is 0.479 e. The van der Waals surface area contributed by atoms with Crippen LogP contribution in [0.3, 0.4) is 0 Å². The van der Waals surface area contributed by atoms with Gasteiger partial charge in [0.25, 0.3) is 4.93 Å². The fraction of sp³-hybridized carbons (Fsp3) is 0.667. The van der Waals surface area contributed by atoms with E-state index in [1.165, 1.54) is 0 Å². The molecule has 0 aliphatic carbocycles. The predicted octanol–water partition coefficient (Wildman–Crippen LogP) is -4.07. The number of aldehydes is 1. The van der Waals surface area contributed by atoms with Crippen molar-refractivity contribution in [3.63, 3.8) is 0 Å². The number of aliphatic carboxylic acids is 1. The molecule has 0 amide bonds. The summed E-state index contributed by atoms with van der Waals surface area (Å²) in [5.41, 5.74) is 0. The standard InChI is InChI=1S/C6H10O10S/c7-1-6(13,17(14,15)16)4(10)2(8)3(9)5(11)12/h1-4,8-10,13H,(H,11,12)(H,14,15,16)/t2-,3-,4+,6-/m0/s1. The van der Waals surface area contributed by atoms with Crippen LogP contribution in [0.1, 0.15) is 0 Å². The van der Waals surface area contributed by atoms with Gasteiger partial charge in [-0.05, 0) is 0 Å². The van der Waals surface area contributed by atoms with Gasteiger partial charge >= 0.3 is 16.1 Å². The van der Waals surface area contributed by atoms with E-state index in [1.807, 2.05) is 0 Å². The van der Waals surface area contributed by atoms with Crippen LogP contribution in [0.5, 0.6) is 0 Å². The quantitative estimate of drug-likeness (QED) is 0.205. The summed E-state index contributed by atoms with van der Waals surface area (Å²) in [5, 5.41) is 44.2. The molecular formula is C6H10O10S. The lowest BCUT2D eigenvalue weighted by Crippen LogP contribution is -2.59. The lowest BCUT2D eigenvalue weighted by atomic mass is 10.0. The Balaban J connectivity index is 5.35. The number of rotatable bonds is 6. The normalized spacial score (nSPS) is 21.0. The maximum atomic E-state index is 10.6. The van der Waals surface area contributed by atoms with E-state index in [4.69, 9.17) is 30.1 Å². The first-order valence-electron chi connectivity index (χ1n) is 3.91. The van der Waals surface area contributed by atoms with Gasteiger partial charge in [0.1, 0.15) is 12.2 Å². The topological polar surface area (TPSA) is 190 Å². The van der Waals surface area contributed by atoms with Gasteiger partial charge < -0.3 is 25.5 Å². The highest BCUT2D eigenvalue weighted by Gasteiger charge is 2.53. The molecule has 0 saturated carbocycles. The minimum atomic E-state index is -5.54. The molecule has 6 N–H and O–H groups in total. The van der Waals surface area contributed by atoms with Crippen LogP contribution >= 0.6 is 0 Å². The van der Waals surface area contributed by atoms with Crippen LogP contribution in [0.25, 0.3) is 0 Å². The van der Waals surface area contributed by atoms with E-state index in [-0.39, 0.29) is 0 Å². The third kappa shape index (κ3) is 2.96. The van der Waals surface area contributed by atoms with E-state index in [1.54, 1.807) is 0 Å². The monoisotopic (exact) mass is 274 g/mol. The van der Waals surface area contributed by atoms with Gasteiger partial charge in [-0.3, -0.25) is 9.35 Å². The molecule has 0 unspecified atom stereocenters. The van der Waals surface area contributed by atoms with Crippen molar-refractivity contribution >= 4 is 22.4 Å². The van der Waals surface area contributed by atoms with Crippen LogP contribution in [0.2, 0.25) is 0 Å². The number of hydrogen-bond acceptors (Lipinski definition) is 8. The van der Waals surface area contributed by atoms with Crippen molar-refractivity contribution in [2.75, 3.05) is 0 Å². The second-order valence-corrected chi connectivity index (χ2v) is 4.67. The van der Waals surface area contributed by atoms with Crippen LogP contribution < -0.4 is 0 Å². The first-order chi connectivity index (χ1) is 7.49. The zero-order chi connectivity index (χ0) is 14.0. The molecule has 11 heteroatoms. The number of aliphatic hydroxyl groups excluding tert-OH is 3. The highest BCUT2D eigenvalue weighted by atomic mass is 32.2. The first-order valence-corrected chi connectivity index (χ1v) is 5.35. The molecule has 0 radical (unpaired) electrons. The molecule has 0 spiro atoms. The van der Waals surface area contributed by atoms with E-state index in [0.29, 0.717) is 0 Å². The second kappa shape index (κ2) is 5.03. The lowest BCUT2D eigenvalue weighted by molar-refractivity contribution is -0.167.